The van der Waals surface area contributed by atoms with Crippen LogP contribution < -0.4 is 14.4 Å². The number of rotatable bonds is 5. The Labute approximate surface area is 186 Å². The minimum atomic E-state index is -0.0865. The first-order chi connectivity index (χ1) is 15.1. The van der Waals surface area contributed by atoms with Crippen molar-refractivity contribution in [2.45, 2.75) is 0 Å². The minimum absolute atomic E-state index is 0.0865. The summed E-state index contributed by atoms with van der Waals surface area (Å²) in [5, 5.41) is 9.29. The second-order valence-corrected chi connectivity index (χ2v) is 7.54. The van der Waals surface area contributed by atoms with Crippen molar-refractivity contribution in [3.8, 4) is 22.8 Å². The van der Waals surface area contributed by atoms with Crippen molar-refractivity contribution in [3.05, 3.63) is 65.2 Å². The number of carbonyl (C=O) groups is 1. The van der Waals surface area contributed by atoms with Crippen LogP contribution in [0.15, 0.2) is 54.6 Å². The van der Waals surface area contributed by atoms with E-state index in [0.717, 1.165) is 22.8 Å². The van der Waals surface area contributed by atoms with Crippen LogP contribution in [0.1, 0.15) is 10.4 Å². The number of benzene rings is 2. The monoisotopic (exact) mass is 438 g/mol. The first-order valence-electron chi connectivity index (χ1n) is 9.95. The highest BCUT2D eigenvalue weighted by Gasteiger charge is 2.25. The van der Waals surface area contributed by atoms with Crippen LogP contribution in [0.4, 0.5) is 5.82 Å². The smallest absolute Gasteiger partial charge is 0.257 e. The molecule has 1 aromatic heterocycles. The zero-order valence-electron chi connectivity index (χ0n) is 17.4. The molecule has 0 spiro atoms. The maximum Gasteiger partial charge on any atom is 0.257 e. The molecule has 1 aliphatic rings. The van der Waals surface area contributed by atoms with E-state index in [9.17, 15) is 4.79 Å². The van der Waals surface area contributed by atoms with Crippen LogP contribution >= 0.6 is 11.6 Å². The van der Waals surface area contributed by atoms with Crippen LogP contribution in [0.3, 0.4) is 0 Å². The summed E-state index contributed by atoms with van der Waals surface area (Å²) >= 11 is 6.08. The predicted molar refractivity (Wildman–Crippen MR) is 120 cm³/mol. The van der Waals surface area contributed by atoms with Crippen LogP contribution in [-0.2, 0) is 0 Å². The van der Waals surface area contributed by atoms with Crippen molar-refractivity contribution < 1.29 is 14.3 Å². The van der Waals surface area contributed by atoms with Gasteiger partial charge in [-0.15, -0.1) is 10.2 Å². The molecule has 160 valence electrons. The van der Waals surface area contributed by atoms with Gasteiger partial charge in [-0.3, -0.25) is 4.79 Å². The van der Waals surface area contributed by atoms with Gasteiger partial charge < -0.3 is 19.3 Å². The van der Waals surface area contributed by atoms with Crippen molar-refractivity contribution in [1.29, 1.82) is 0 Å². The molecule has 0 bridgehead atoms. The van der Waals surface area contributed by atoms with Crippen LogP contribution in [0.25, 0.3) is 11.3 Å². The molecule has 2 aromatic carbocycles. The Morgan fingerprint density at radius 2 is 1.65 bits per heavy atom. The summed E-state index contributed by atoms with van der Waals surface area (Å²) in [6.07, 6.45) is 0. The van der Waals surface area contributed by atoms with Crippen LogP contribution in [-0.4, -0.2) is 61.4 Å². The average Bonchev–Trinajstić information content (AvgIpc) is 2.83. The van der Waals surface area contributed by atoms with Crippen molar-refractivity contribution in [2.75, 3.05) is 45.3 Å². The number of anilines is 1. The molecular formula is C23H23ClN4O3. The van der Waals surface area contributed by atoms with Gasteiger partial charge >= 0.3 is 0 Å². The third-order valence-corrected chi connectivity index (χ3v) is 5.55. The van der Waals surface area contributed by atoms with Gasteiger partial charge in [-0.2, -0.15) is 0 Å². The first kappa shape index (κ1) is 20.9. The van der Waals surface area contributed by atoms with E-state index in [0.29, 0.717) is 42.5 Å². The molecule has 0 aliphatic carbocycles. The number of para-hydroxylation sites is 1. The van der Waals surface area contributed by atoms with E-state index in [2.05, 4.69) is 15.1 Å². The molecule has 0 N–H and O–H groups in total. The van der Waals surface area contributed by atoms with Gasteiger partial charge in [-0.1, -0.05) is 23.7 Å². The van der Waals surface area contributed by atoms with E-state index >= 15 is 0 Å². The number of carbonyl (C=O) groups excluding carboxylic acids is 1. The maximum atomic E-state index is 13.0. The lowest BCUT2D eigenvalue weighted by Crippen LogP contribution is -2.49. The van der Waals surface area contributed by atoms with Gasteiger partial charge in [0.15, 0.2) is 5.82 Å². The molecule has 1 saturated heterocycles. The summed E-state index contributed by atoms with van der Waals surface area (Å²) in [7, 11) is 3.19. The molecule has 1 fully saturated rings. The molecule has 1 amide bonds. The zero-order valence-corrected chi connectivity index (χ0v) is 18.2. The summed E-state index contributed by atoms with van der Waals surface area (Å²) in [5.74, 6) is 1.98. The molecule has 4 rings (SSSR count). The number of methoxy groups -OCH3 is 2. The molecule has 0 unspecified atom stereocenters. The van der Waals surface area contributed by atoms with Crippen molar-refractivity contribution in [3.63, 3.8) is 0 Å². The number of ether oxygens (including phenoxy) is 2. The number of halogens is 1. The van der Waals surface area contributed by atoms with Crippen molar-refractivity contribution in [2.24, 2.45) is 0 Å². The van der Waals surface area contributed by atoms with Gasteiger partial charge in [0, 0.05) is 36.8 Å². The minimum Gasteiger partial charge on any atom is -0.496 e. The van der Waals surface area contributed by atoms with Crippen LogP contribution in [0.2, 0.25) is 5.02 Å². The Balaban J connectivity index is 1.43. The van der Waals surface area contributed by atoms with E-state index in [4.69, 9.17) is 21.1 Å². The highest BCUT2D eigenvalue weighted by atomic mass is 35.5. The number of amides is 1. The molecule has 1 aliphatic heterocycles. The summed E-state index contributed by atoms with van der Waals surface area (Å²) in [6, 6.07) is 16.7. The van der Waals surface area contributed by atoms with E-state index in [1.807, 2.05) is 36.4 Å². The lowest BCUT2D eigenvalue weighted by atomic mass is 10.1. The van der Waals surface area contributed by atoms with E-state index in [1.54, 1.807) is 37.3 Å². The second kappa shape index (κ2) is 9.22. The topological polar surface area (TPSA) is 67.8 Å². The molecule has 0 radical (unpaired) electrons. The van der Waals surface area contributed by atoms with Crippen molar-refractivity contribution in [1.82, 2.24) is 15.1 Å². The number of nitrogens with zero attached hydrogens (tertiary/aromatic N) is 4. The zero-order chi connectivity index (χ0) is 21.8. The fourth-order valence-corrected chi connectivity index (χ4v) is 3.82. The standard InChI is InChI=1S/C23H23ClN4O3/c1-30-20-6-4-3-5-17(20)19-8-10-22(26-25-19)27-11-13-28(14-12-27)23(29)18-15-16(24)7-9-21(18)31-2/h3-10,15H,11-14H2,1-2H3. The first-order valence-corrected chi connectivity index (χ1v) is 10.3. The molecular weight excluding hydrogens is 416 g/mol. The third kappa shape index (κ3) is 4.41. The SMILES string of the molecule is COc1ccc(Cl)cc1C(=O)N1CCN(c2ccc(-c3ccccc3OC)nn2)CC1. The van der Waals surface area contributed by atoms with Crippen LogP contribution in [0, 0.1) is 0 Å². The molecule has 7 nitrogen and oxygen atoms in total. The summed E-state index contributed by atoms with van der Waals surface area (Å²) in [5.41, 5.74) is 2.13. The molecule has 8 heteroatoms. The number of aromatic nitrogens is 2. The normalized spacial score (nSPS) is 13.8. The molecule has 0 atom stereocenters. The maximum absolute atomic E-state index is 13.0. The Bertz CT molecular complexity index is 1070. The van der Waals surface area contributed by atoms with Gasteiger partial charge in [-0.25, -0.2) is 0 Å². The number of hydrogen-bond donors (Lipinski definition) is 0. The highest BCUT2D eigenvalue weighted by molar-refractivity contribution is 6.31. The Kier molecular flexibility index (Phi) is 6.23. The van der Waals surface area contributed by atoms with Gasteiger partial charge in [-0.05, 0) is 42.5 Å². The van der Waals surface area contributed by atoms with Gasteiger partial charge in [0.1, 0.15) is 11.5 Å². The van der Waals surface area contributed by atoms with Crippen LogP contribution in [0.5, 0.6) is 11.5 Å². The predicted octanol–water partition coefficient (Wildman–Crippen LogP) is 3.78. The Morgan fingerprint density at radius 1 is 0.903 bits per heavy atom. The van der Waals surface area contributed by atoms with Gasteiger partial charge in [0.2, 0.25) is 0 Å². The number of piperazine rings is 1. The fraction of sp³-hybridized carbons (Fsp3) is 0.261. The second-order valence-electron chi connectivity index (χ2n) is 7.10. The highest BCUT2D eigenvalue weighted by Crippen LogP contribution is 2.29. The van der Waals surface area contributed by atoms with E-state index < -0.39 is 0 Å². The molecule has 31 heavy (non-hydrogen) atoms. The lowest BCUT2D eigenvalue weighted by Gasteiger charge is -2.35. The molecule has 0 saturated carbocycles. The van der Waals surface area contributed by atoms with E-state index in [-0.39, 0.29) is 5.91 Å². The molecule has 3 aromatic rings. The van der Waals surface area contributed by atoms with Gasteiger partial charge in [0.25, 0.3) is 5.91 Å². The summed E-state index contributed by atoms with van der Waals surface area (Å²) < 4.78 is 10.7. The molecule has 2 heterocycles. The lowest BCUT2D eigenvalue weighted by molar-refractivity contribution is 0.0743. The number of hydrogen-bond acceptors (Lipinski definition) is 6. The fourth-order valence-electron chi connectivity index (χ4n) is 3.65. The summed E-state index contributed by atoms with van der Waals surface area (Å²) in [6.45, 7) is 2.48. The van der Waals surface area contributed by atoms with Crippen molar-refractivity contribution >= 4 is 23.3 Å². The Morgan fingerprint density at radius 3 is 2.32 bits per heavy atom. The quantitative estimate of drug-likeness (QED) is 0.604. The third-order valence-electron chi connectivity index (χ3n) is 5.32. The largest absolute Gasteiger partial charge is 0.496 e. The Hall–Kier alpha value is -3.32. The van der Waals surface area contributed by atoms with E-state index in [1.165, 1.54) is 0 Å². The summed E-state index contributed by atoms with van der Waals surface area (Å²) in [4.78, 5) is 16.9. The van der Waals surface area contributed by atoms with Gasteiger partial charge in [0.05, 0.1) is 25.5 Å². The average molecular weight is 439 g/mol.